The summed E-state index contributed by atoms with van der Waals surface area (Å²) in [5.41, 5.74) is 0.802. The molecule has 1 aromatic rings. The number of carbonyl (C=O) groups excluding carboxylic acids is 1. The zero-order valence-corrected chi connectivity index (χ0v) is 14.1. The minimum Gasteiger partial charge on any atom is -0.325 e. The molecule has 0 unspecified atom stereocenters. The minimum absolute atomic E-state index is 0. The van der Waals surface area contributed by atoms with Gasteiger partial charge in [0.05, 0.1) is 6.54 Å². The number of nitrogens with zero attached hydrogens (tertiary/aromatic N) is 1. The highest BCUT2D eigenvalue weighted by Gasteiger charge is 2.40. The number of anilines is 1. The van der Waals surface area contributed by atoms with Crippen LogP contribution in [0, 0.1) is 5.82 Å². The van der Waals surface area contributed by atoms with E-state index in [1.165, 1.54) is 44.2 Å². The average molecular weight is 342 g/mol. The van der Waals surface area contributed by atoms with Crippen molar-refractivity contribution in [2.24, 2.45) is 0 Å². The van der Waals surface area contributed by atoms with Gasteiger partial charge in [-0.3, -0.25) is 9.69 Å². The Morgan fingerprint density at radius 2 is 1.91 bits per heavy atom. The Kier molecular flexibility index (Phi) is 6.39. The van der Waals surface area contributed by atoms with Crippen molar-refractivity contribution in [3.63, 3.8) is 0 Å². The third kappa shape index (κ3) is 4.43. The lowest BCUT2D eigenvalue weighted by Crippen LogP contribution is -2.63. The number of benzene rings is 1. The quantitative estimate of drug-likeness (QED) is 0.888. The van der Waals surface area contributed by atoms with E-state index in [2.05, 4.69) is 15.5 Å². The van der Waals surface area contributed by atoms with Gasteiger partial charge in [-0.05, 0) is 37.1 Å². The topological polar surface area (TPSA) is 44.4 Å². The molecule has 1 heterocycles. The normalized spacial score (nSPS) is 20.7. The summed E-state index contributed by atoms with van der Waals surface area (Å²) < 4.78 is 12.9. The van der Waals surface area contributed by atoms with E-state index < -0.39 is 0 Å². The Hall–Kier alpha value is -1.17. The van der Waals surface area contributed by atoms with Gasteiger partial charge in [-0.2, -0.15) is 0 Å². The molecule has 3 rings (SSSR count). The monoisotopic (exact) mass is 341 g/mol. The fraction of sp³-hybridized carbons (Fsp3) is 0.588. The molecule has 1 aliphatic carbocycles. The lowest BCUT2D eigenvalue weighted by atomic mass is 9.79. The van der Waals surface area contributed by atoms with Gasteiger partial charge in [0, 0.05) is 30.9 Å². The molecule has 1 aliphatic heterocycles. The molecule has 2 aliphatic rings. The van der Waals surface area contributed by atoms with E-state index in [0.29, 0.717) is 12.2 Å². The molecule has 4 nitrogen and oxygen atoms in total. The number of hydrogen-bond acceptors (Lipinski definition) is 3. The van der Waals surface area contributed by atoms with Gasteiger partial charge in [-0.25, -0.2) is 4.39 Å². The molecule has 6 heteroatoms. The van der Waals surface area contributed by atoms with Crippen molar-refractivity contribution in [3.8, 4) is 0 Å². The number of rotatable bonds is 3. The SMILES string of the molecule is Cl.O=C(CN1CCNCC12CCCCC2)Nc1ccc(F)cc1. The first-order chi connectivity index (χ1) is 10.7. The summed E-state index contributed by atoms with van der Waals surface area (Å²) in [6.07, 6.45) is 6.14. The fourth-order valence-corrected chi connectivity index (χ4v) is 3.74. The molecule has 23 heavy (non-hydrogen) atoms. The van der Waals surface area contributed by atoms with E-state index in [1.54, 1.807) is 12.1 Å². The Labute approximate surface area is 143 Å². The molecule has 2 fully saturated rings. The summed E-state index contributed by atoms with van der Waals surface area (Å²) in [6, 6.07) is 5.93. The number of nitrogens with one attached hydrogen (secondary N) is 2. The summed E-state index contributed by atoms with van der Waals surface area (Å²) in [4.78, 5) is 14.7. The van der Waals surface area contributed by atoms with Crippen molar-refractivity contribution < 1.29 is 9.18 Å². The van der Waals surface area contributed by atoms with Gasteiger partial charge in [0.25, 0.3) is 0 Å². The predicted octanol–water partition coefficient (Wildman–Crippen LogP) is 2.79. The van der Waals surface area contributed by atoms with Crippen LogP contribution >= 0.6 is 12.4 Å². The molecule has 128 valence electrons. The van der Waals surface area contributed by atoms with Crippen LogP contribution in [0.15, 0.2) is 24.3 Å². The van der Waals surface area contributed by atoms with Crippen LogP contribution in [0.5, 0.6) is 0 Å². The van der Waals surface area contributed by atoms with Crippen molar-refractivity contribution in [1.29, 1.82) is 0 Å². The van der Waals surface area contributed by atoms with Crippen molar-refractivity contribution in [1.82, 2.24) is 10.2 Å². The Balaban J connectivity index is 0.00000192. The number of piperazine rings is 1. The number of carbonyl (C=O) groups is 1. The molecule has 1 spiro atoms. The summed E-state index contributed by atoms with van der Waals surface area (Å²) >= 11 is 0. The average Bonchev–Trinajstić information content (AvgIpc) is 2.53. The predicted molar refractivity (Wildman–Crippen MR) is 92.5 cm³/mol. The van der Waals surface area contributed by atoms with Crippen LogP contribution in [0.1, 0.15) is 32.1 Å². The zero-order chi connectivity index (χ0) is 15.4. The van der Waals surface area contributed by atoms with Crippen molar-refractivity contribution in [3.05, 3.63) is 30.1 Å². The Bertz CT molecular complexity index is 509. The molecule has 1 amide bonds. The number of hydrogen-bond donors (Lipinski definition) is 2. The Morgan fingerprint density at radius 1 is 1.22 bits per heavy atom. The summed E-state index contributed by atoms with van der Waals surface area (Å²) in [5.74, 6) is -0.306. The highest BCUT2D eigenvalue weighted by Crippen LogP contribution is 2.34. The van der Waals surface area contributed by atoms with Crippen molar-refractivity contribution in [2.45, 2.75) is 37.6 Å². The molecule has 0 atom stereocenters. The van der Waals surface area contributed by atoms with Crippen LogP contribution in [0.3, 0.4) is 0 Å². The van der Waals surface area contributed by atoms with E-state index in [4.69, 9.17) is 0 Å². The molecular weight excluding hydrogens is 317 g/mol. The van der Waals surface area contributed by atoms with E-state index in [-0.39, 0.29) is 29.7 Å². The van der Waals surface area contributed by atoms with Crippen LogP contribution in [0.2, 0.25) is 0 Å². The summed E-state index contributed by atoms with van der Waals surface area (Å²) in [7, 11) is 0. The summed E-state index contributed by atoms with van der Waals surface area (Å²) in [5, 5.41) is 6.36. The van der Waals surface area contributed by atoms with Crippen LogP contribution in [0.25, 0.3) is 0 Å². The third-order valence-corrected chi connectivity index (χ3v) is 4.93. The second kappa shape index (κ2) is 8.08. The van der Waals surface area contributed by atoms with E-state index in [1.807, 2.05) is 0 Å². The number of halogens is 2. The smallest absolute Gasteiger partial charge is 0.238 e. The number of amides is 1. The molecule has 1 saturated carbocycles. The van der Waals surface area contributed by atoms with Gasteiger partial charge in [0.15, 0.2) is 0 Å². The zero-order valence-electron chi connectivity index (χ0n) is 13.3. The molecule has 0 bridgehead atoms. The van der Waals surface area contributed by atoms with Gasteiger partial charge in [-0.1, -0.05) is 19.3 Å². The first-order valence-corrected chi connectivity index (χ1v) is 8.19. The third-order valence-electron chi connectivity index (χ3n) is 4.93. The maximum atomic E-state index is 12.9. The molecule has 2 N–H and O–H groups in total. The van der Waals surface area contributed by atoms with E-state index >= 15 is 0 Å². The first kappa shape index (κ1) is 18.2. The highest BCUT2D eigenvalue weighted by atomic mass is 35.5. The molecule has 1 aromatic carbocycles. The van der Waals surface area contributed by atoms with E-state index in [9.17, 15) is 9.18 Å². The van der Waals surface area contributed by atoms with Gasteiger partial charge in [0.2, 0.25) is 5.91 Å². The molecule has 0 radical (unpaired) electrons. The van der Waals surface area contributed by atoms with Gasteiger partial charge in [-0.15, -0.1) is 12.4 Å². The van der Waals surface area contributed by atoms with Crippen LogP contribution in [-0.2, 0) is 4.79 Å². The van der Waals surface area contributed by atoms with Crippen LogP contribution in [0.4, 0.5) is 10.1 Å². The maximum Gasteiger partial charge on any atom is 0.238 e. The summed E-state index contributed by atoms with van der Waals surface area (Å²) in [6.45, 7) is 3.25. The van der Waals surface area contributed by atoms with Gasteiger partial charge in [0.1, 0.15) is 5.82 Å². The van der Waals surface area contributed by atoms with Crippen molar-refractivity contribution >= 4 is 24.0 Å². The lowest BCUT2D eigenvalue weighted by Gasteiger charge is -2.49. The second-order valence-electron chi connectivity index (χ2n) is 6.44. The van der Waals surface area contributed by atoms with Gasteiger partial charge < -0.3 is 10.6 Å². The largest absolute Gasteiger partial charge is 0.325 e. The highest BCUT2D eigenvalue weighted by molar-refractivity contribution is 5.92. The van der Waals surface area contributed by atoms with Crippen LogP contribution < -0.4 is 10.6 Å². The fourth-order valence-electron chi connectivity index (χ4n) is 3.74. The lowest BCUT2D eigenvalue weighted by molar-refractivity contribution is -0.120. The van der Waals surface area contributed by atoms with E-state index in [0.717, 1.165) is 19.6 Å². The Morgan fingerprint density at radius 3 is 2.61 bits per heavy atom. The van der Waals surface area contributed by atoms with Crippen LogP contribution in [-0.4, -0.2) is 42.5 Å². The standard InChI is InChI=1S/C17H24FN3O.ClH/c18-14-4-6-15(7-5-14)20-16(22)12-21-11-10-19-13-17(21)8-2-1-3-9-17;/h4-7,19H,1-3,8-13H2,(H,20,22);1H. The maximum absolute atomic E-state index is 12.9. The molecular formula is C17H25ClFN3O. The first-order valence-electron chi connectivity index (χ1n) is 8.19. The van der Waals surface area contributed by atoms with Gasteiger partial charge >= 0.3 is 0 Å². The molecule has 0 aromatic heterocycles. The molecule has 1 saturated heterocycles. The second-order valence-corrected chi connectivity index (χ2v) is 6.44. The minimum atomic E-state index is -0.290. The van der Waals surface area contributed by atoms with Crippen molar-refractivity contribution in [2.75, 3.05) is 31.5 Å².